The monoisotopic (exact) mass is 560 g/mol. The number of nitro groups is 1. The van der Waals surface area contributed by atoms with Gasteiger partial charge in [-0.3, -0.25) is 10.1 Å². The molecule has 42 heavy (non-hydrogen) atoms. The fraction of sp³-hybridized carbons (Fsp3) is 0.194. The van der Waals surface area contributed by atoms with Crippen LogP contribution in [0, 0.1) is 10.1 Å². The summed E-state index contributed by atoms with van der Waals surface area (Å²) in [7, 11) is 0. The number of hydrogen-bond donors (Lipinski definition) is 2. The zero-order chi connectivity index (χ0) is 30.4. The van der Waals surface area contributed by atoms with Crippen molar-refractivity contribution < 1.29 is 14.8 Å². The lowest BCUT2D eigenvalue weighted by atomic mass is 9.91. The van der Waals surface area contributed by atoms with Gasteiger partial charge in [0.15, 0.2) is 0 Å². The number of carbonyl (C=O) groups is 1. The van der Waals surface area contributed by atoms with Crippen molar-refractivity contribution in [3.8, 4) is 11.1 Å². The summed E-state index contributed by atoms with van der Waals surface area (Å²) in [5.41, 5.74) is 10.8. The first-order valence-electron chi connectivity index (χ1n) is 13.9. The summed E-state index contributed by atoms with van der Waals surface area (Å²) in [6, 6.07) is 28.1. The van der Waals surface area contributed by atoms with Crippen LogP contribution in [0.1, 0.15) is 71.9 Å². The molecular formula is C36H36N2O4. The zero-order valence-electron chi connectivity index (χ0n) is 24.5. The van der Waals surface area contributed by atoms with E-state index in [2.05, 4.69) is 63.0 Å². The van der Waals surface area contributed by atoms with Gasteiger partial charge < -0.3 is 10.4 Å². The van der Waals surface area contributed by atoms with E-state index in [4.69, 9.17) is 0 Å². The van der Waals surface area contributed by atoms with Gasteiger partial charge in [0.25, 0.3) is 5.69 Å². The number of non-ortho nitro benzene ring substituents is 1. The van der Waals surface area contributed by atoms with Crippen molar-refractivity contribution in [1.82, 2.24) is 5.32 Å². The van der Waals surface area contributed by atoms with Crippen LogP contribution in [0.5, 0.6) is 0 Å². The summed E-state index contributed by atoms with van der Waals surface area (Å²) in [6.07, 6.45) is 1.70. The summed E-state index contributed by atoms with van der Waals surface area (Å²) >= 11 is 0. The zero-order valence-corrected chi connectivity index (χ0v) is 24.5. The van der Waals surface area contributed by atoms with Crippen LogP contribution < -0.4 is 5.32 Å². The number of aromatic carboxylic acids is 1. The maximum atomic E-state index is 11.6. The Bertz CT molecular complexity index is 1650. The first kappa shape index (κ1) is 30.0. The largest absolute Gasteiger partial charge is 0.478 e. The van der Waals surface area contributed by atoms with E-state index in [1.54, 1.807) is 24.3 Å². The topological polar surface area (TPSA) is 92.5 Å². The minimum atomic E-state index is -0.931. The molecule has 0 radical (unpaired) electrons. The lowest BCUT2D eigenvalue weighted by molar-refractivity contribution is -0.384. The molecule has 0 saturated heterocycles. The number of benzene rings is 4. The number of nitrogens with one attached hydrogen (secondary N) is 1. The van der Waals surface area contributed by atoms with E-state index in [1.807, 2.05) is 31.2 Å². The molecule has 0 aliphatic carbocycles. The Balaban J connectivity index is 1.50. The summed E-state index contributed by atoms with van der Waals surface area (Å²) in [5, 5.41) is 24.0. The Kier molecular flexibility index (Phi) is 9.38. The number of rotatable bonds is 11. The van der Waals surface area contributed by atoms with Crippen LogP contribution in [0.15, 0.2) is 103 Å². The third kappa shape index (κ3) is 7.02. The highest BCUT2D eigenvalue weighted by molar-refractivity contribution is 5.96. The molecule has 4 aromatic carbocycles. The second-order valence-corrected chi connectivity index (χ2v) is 10.7. The van der Waals surface area contributed by atoms with E-state index in [-0.39, 0.29) is 11.7 Å². The Morgan fingerprint density at radius 2 is 1.57 bits per heavy atom. The SMILES string of the molecule is C=C(N[C@@H](C)c1ccc([N+](=O)[O-])cc1)c1ccc(CCc2ccc(-c3ccccc3C(=O)O)cc2)c(C(C)=C(C)C)c1. The third-order valence-corrected chi connectivity index (χ3v) is 7.71. The molecular weight excluding hydrogens is 524 g/mol. The molecule has 0 amide bonds. The van der Waals surface area contributed by atoms with Crippen molar-refractivity contribution in [3.05, 3.63) is 147 Å². The van der Waals surface area contributed by atoms with Crippen LogP contribution in [0.2, 0.25) is 0 Å². The van der Waals surface area contributed by atoms with E-state index >= 15 is 0 Å². The second-order valence-electron chi connectivity index (χ2n) is 10.7. The van der Waals surface area contributed by atoms with Crippen LogP contribution in [-0.2, 0) is 12.8 Å². The third-order valence-electron chi connectivity index (χ3n) is 7.71. The quantitative estimate of drug-likeness (QED) is 0.141. The fourth-order valence-corrected chi connectivity index (χ4v) is 4.96. The van der Waals surface area contributed by atoms with E-state index in [0.717, 1.165) is 35.2 Å². The van der Waals surface area contributed by atoms with Crippen molar-refractivity contribution in [2.24, 2.45) is 0 Å². The molecule has 6 heteroatoms. The summed E-state index contributed by atoms with van der Waals surface area (Å²) in [4.78, 5) is 22.2. The average molecular weight is 561 g/mol. The maximum Gasteiger partial charge on any atom is 0.336 e. The van der Waals surface area contributed by atoms with Gasteiger partial charge in [-0.05, 0) is 97.2 Å². The van der Waals surface area contributed by atoms with Gasteiger partial charge in [-0.2, -0.15) is 0 Å². The number of hydrogen-bond acceptors (Lipinski definition) is 4. The van der Waals surface area contributed by atoms with Crippen molar-refractivity contribution in [3.63, 3.8) is 0 Å². The first-order chi connectivity index (χ1) is 20.0. The van der Waals surface area contributed by atoms with Gasteiger partial charge in [-0.25, -0.2) is 4.79 Å². The summed E-state index contributed by atoms with van der Waals surface area (Å²) < 4.78 is 0. The van der Waals surface area contributed by atoms with Crippen molar-refractivity contribution in [1.29, 1.82) is 0 Å². The molecule has 0 fully saturated rings. The Morgan fingerprint density at radius 1 is 0.905 bits per heavy atom. The number of aryl methyl sites for hydroxylation is 2. The highest BCUT2D eigenvalue weighted by atomic mass is 16.6. The van der Waals surface area contributed by atoms with Crippen molar-refractivity contribution in [2.75, 3.05) is 0 Å². The van der Waals surface area contributed by atoms with E-state index in [0.29, 0.717) is 11.1 Å². The van der Waals surface area contributed by atoms with Crippen LogP contribution >= 0.6 is 0 Å². The van der Waals surface area contributed by atoms with Crippen LogP contribution in [0.3, 0.4) is 0 Å². The molecule has 0 heterocycles. The predicted molar refractivity (Wildman–Crippen MR) is 170 cm³/mol. The summed E-state index contributed by atoms with van der Waals surface area (Å²) in [6.45, 7) is 12.7. The van der Waals surface area contributed by atoms with Crippen LogP contribution in [0.25, 0.3) is 22.4 Å². The van der Waals surface area contributed by atoms with Crippen molar-refractivity contribution in [2.45, 2.75) is 46.6 Å². The molecule has 0 aromatic heterocycles. The van der Waals surface area contributed by atoms with Crippen LogP contribution in [-0.4, -0.2) is 16.0 Å². The lowest BCUT2D eigenvalue weighted by Gasteiger charge is -2.20. The number of nitro benzene ring substituents is 1. The maximum absolute atomic E-state index is 11.6. The number of carboxylic acid groups (broad SMARTS) is 1. The molecule has 0 aliphatic rings. The Hall–Kier alpha value is -4.97. The molecule has 214 valence electrons. The fourth-order valence-electron chi connectivity index (χ4n) is 4.96. The molecule has 0 aliphatic heterocycles. The van der Waals surface area contributed by atoms with E-state index in [1.165, 1.54) is 40.0 Å². The molecule has 1 atom stereocenters. The van der Waals surface area contributed by atoms with Crippen LogP contribution in [0.4, 0.5) is 5.69 Å². The minimum absolute atomic E-state index is 0.0710. The van der Waals surface area contributed by atoms with Gasteiger partial charge in [-0.1, -0.05) is 78.9 Å². The minimum Gasteiger partial charge on any atom is -0.478 e. The Labute approximate surface area is 247 Å². The number of nitrogens with zero attached hydrogens (tertiary/aromatic N) is 1. The highest BCUT2D eigenvalue weighted by Crippen LogP contribution is 2.29. The van der Waals surface area contributed by atoms with Gasteiger partial charge in [0.2, 0.25) is 0 Å². The van der Waals surface area contributed by atoms with Gasteiger partial charge in [-0.15, -0.1) is 0 Å². The molecule has 0 spiro atoms. The normalized spacial score (nSPS) is 11.4. The number of carboxylic acids is 1. The molecule has 6 nitrogen and oxygen atoms in total. The predicted octanol–water partition coefficient (Wildman–Crippen LogP) is 8.88. The second kappa shape index (κ2) is 13.1. The molecule has 2 N–H and O–H groups in total. The molecule has 0 bridgehead atoms. The van der Waals surface area contributed by atoms with E-state index in [9.17, 15) is 20.0 Å². The van der Waals surface area contributed by atoms with Gasteiger partial charge in [0.05, 0.1) is 10.5 Å². The highest BCUT2D eigenvalue weighted by Gasteiger charge is 2.14. The van der Waals surface area contributed by atoms with Gasteiger partial charge in [0, 0.05) is 23.9 Å². The lowest BCUT2D eigenvalue weighted by Crippen LogP contribution is -2.16. The standard InChI is InChI=1S/C36H36N2O4/c1-23(2)24(3)35-22-31(26(5)37-25(4)28-18-20-32(21-19-28)38(41)42)17-16-30(35)15-12-27-10-13-29(14-11-27)33-8-6-7-9-34(33)36(39)40/h6-11,13-14,16-22,25,37H,5,12,15H2,1-4H3,(H,39,40)/t25-/m0/s1. The molecule has 4 rings (SSSR count). The first-order valence-corrected chi connectivity index (χ1v) is 13.9. The van der Waals surface area contributed by atoms with E-state index < -0.39 is 10.9 Å². The van der Waals surface area contributed by atoms with Gasteiger partial charge in [0.1, 0.15) is 0 Å². The Morgan fingerprint density at radius 3 is 2.19 bits per heavy atom. The van der Waals surface area contributed by atoms with Gasteiger partial charge >= 0.3 is 5.97 Å². The van der Waals surface area contributed by atoms with Crippen molar-refractivity contribution >= 4 is 22.9 Å². The molecule has 4 aromatic rings. The molecule has 0 unspecified atom stereocenters. The smallest absolute Gasteiger partial charge is 0.336 e. The summed E-state index contributed by atoms with van der Waals surface area (Å²) in [5.74, 6) is -0.931. The number of allylic oxidation sites excluding steroid dienone is 2. The average Bonchev–Trinajstić information content (AvgIpc) is 2.99. The molecule has 0 saturated carbocycles.